The molecule has 0 aliphatic heterocycles. The first-order chi connectivity index (χ1) is 16.4. The second-order valence-electron chi connectivity index (χ2n) is 7.99. The lowest BCUT2D eigenvalue weighted by Crippen LogP contribution is -2.29. The summed E-state index contributed by atoms with van der Waals surface area (Å²) in [5.74, 6) is 1.37. The van der Waals surface area contributed by atoms with E-state index < -0.39 is 15.7 Å². The Hall–Kier alpha value is -0.130. The van der Waals surface area contributed by atoms with Gasteiger partial charge in [0.05, 0.1) is 17.1 Å². The van der Waals surface area contributed by atoms with Crippen molar-refractivity contribution in [3.63, 3.8) is 0 Å². The highest BCUT2D eigenvalue weighted by Gasteiger charge is 2.23. The van der Waals surface area contributed by atoms with E-state index in [0.717, 1.165) is 31.7 Å². The summed E-state index contributed by atoms with van der Waals surface area (Å²) >= 11 is 8.28. The van der Waals surface area contributed by atoms with Crippen LogP contribution in [0.25, 0.3) is 0 Å². The van der Waals surface area contributed by atoms with Gasteiger partial charge in [-0.1, -0.05) is 62.1 Å². The van der Waals surface area contributed by atoms with Crippen LogP contribution in [0.5, 0.6) is 0 Å². The maximum absolute atomic E-state index is 12.1. The number of rotatable bonds is 15. The maximum Gasteiger partial charge on any atom is 0.281 e. The monoisotopic (exact) mass is 586 g/mol. The minimum atomic E-state index is -3.49. The third-order valence-corrected chi connectivity index (χ3v) is 11.7. The fourth-order valence-corrected chi connectivity index (χ4v) is 10.1. The number of thioether (sulfide) groups is 1. The van der Waals surface area contributed by atoms with E-state index in [2.05, 4.69) is 18.6 Å². The molecule has 1 amide bonds. The van der Waals surface area contributed by atoms with E-state index in [4.69, 9.17) is 20.9 Å². The molecule has 0 bridgehead atoms. The number of carbonyl (C=O) groups is 1. The van der Waals surface area contributed by atoms with Crippen molar-refractivity contribution >= 4 is 55.9 Å². The molecule has 204 valence electrons. The van der Waals surface area contributed by atoms with Gasteiger partial charge in [-0.05, 0) is 70.2 Å². The predicted octanol–water partition coefficient (Wildman–Crippen LogP) is 6.75. The molecule has 0 unspecified atom stereocenters. The van der Waals surface area contributed by atoms with E-state index in [1.54, 1.807) is 30.3 Å². The summed E-state index contributed by atoms with van der Waals surface area (Å²) < 4.78 is 38.3. The highest BCUT2D eigenvalue weighted by Crippen LogP contribution is 2.62. The molecule has 7 nitrogen and oxygen atoms in total. The molecule has 0 atom stereocenters. The molecule has 0 radical (unpaired) electrons. The van der Waals surface area contributed by atoms with E-state index in [1.165, 1.54) is 23.1 Å². The molecular weight excluding hydrogens is 544 g/mol. The van der Waals surface area contributed by atoms with Crippen molar-refractivity contribution in [2.24, 2.45) is 0 Å². The zero-order valence-corrected chi connectivity index (χ0v) is 26.2. The van der Waals surface area contributed by atoms with Crippen molar-refractivity contribution in [3.8, 4) is 0 Å². The Kier molecular flexibility index (Phi) is 18.9. The lowest BCUT2D eigenvalue weighted by molar-refractivity contribution is 0.186. The largest absolute Gasteiger partial charge is 0.334 e. The minimum absolute atomic E-state index is 0.0342. The van der Waals surface area contributed by atoms with Gasteiger partial charge in [-0.2, -0.15) is 0 Å². The van der Waals surface area contributed by atoms with Gasteiger partial charge in [0, 0.05) is 25.4 Å². The lowest BCUT2D eigenvalue weighted by Gasteiger charge is -2.25. The molecule has 0 spiro atoms. The molecule has 1 aromatic carbocycles. The highest BCUT2D eigenvalue weighted by atomic mass is 32.9. The number of hydrogen-bond donors (Lipinski definition) is 1. The zero-order valence-electron chi connectivity index (χ0n) is 22.1. The van der Waals surface area contributed by atoms with Crippen molar-refractivity contribution in [2.75, 3.05) is 31.1 Å². The SMILES string of the molecule is CC(C)OP(=S)(OC(C)C)SCCNS(=O)(=O)c1ccccc1.CCCN(CCC)C(=O)SCC. The number of nitrogens with zero attached hydrogens (tertiary/aromatic N) is 1. The van der Waals surface area contributed by atoms with Crippen LogP contribution in [-0.4, -0.2) is 61.9 Å². The highest BCUT2D eigenvalue weighted by molar-refractivity contribution is 8.67. The van der Waals surface area contributed by atoms with Crippen LogP contribution >= 0.6 is 28.8 Å². The van der Waals surface area contributed by atoms with Crippen molar-refractivity contribution in [2.45, 2.75) is 78.4 Å². The molecular formula is C23H43N2O5PS4. The number of carbonyl (C=O) groups excluding carboxylic acids is 1. The van der Waals surface area contributed by atoms with Gasteiger partial charge in [-0.25, -0.2) is 13.1 Å². The molecule has 0 aliphatic carbocycles. The molecule has 1 rings (SSSR count). The molecule has 1 aromatic rings. The molecule has 1 N–H and O–H groups in total. The topological polar surface area (TPSA) is 84.9 Å². The smallest absolute Gasteiger partial charge is 0.281 e. The van der Waals surface area contributed by atoms with Crippen molar-refractivity contribution in [1.82, 2.24) is 9.62 Å². The van der Waals surface area contributed by atoms with Gasteiger partial charge in [-0.3, -0.25) is 4.79 Å². The number of benzene rings is 1. The third kappa shape index (κ3) is 16.4. The van der Waals surface area contributed by atoms with E-state index in [-0.39, 0.29) is 28.9 Å². The number of sulfonamides is 1. The van der Waals surface area contributed by atoms with Crippen molar-refractivity contribution in [1.29, 1.82) is 0 Å². The average molecular weight is 587 g/mol. The van der Waals surface area contributed by atoms with Crippen molar-refractivity contribution < 1.29 is 22.3 Å². The summed E-state index contributed by atoms with van der Waals surface area (Å²) in [7, 11) is -3.49. The lowest BCUT2D eigenvalue weighted by atomic mass is 10.4. The summed E-state index contributed by atoms with van der Waals surface area (Å²) in [5.41, 5.74) is -2.47. The molecule has 35 heavy (non-hydrogen) atoms. The fraction of sp³-hybridized carbons (Fsp3) is 0.696. The van der Waals surface area contributed by atoms with E-state index in [1.807, 2.05) is 39.5 Å². The predicted molar refractivity (Wildman–Crippen MR) is 156 cm³/mol. The van der Waals surface area contributed by atoms with Gasteiger partial charge >= 0.3 is 0 Å². The zero-order chi connectivity index (χ0) is 26.9. The van der Waals surface area contributed by atoms with Crippen LogP contribution in [0.3, 0.4) is 0 Å². The summed E-state index contributed by atoms with van der Waals surface area (Å²) in [6.45, 7) is 15.9. The van der Waals surface area contributed by atoms with E-state index in [9.17, 15) is 13.2 Å². The fourth-order valence-electron chi connectivity index (χ4n) is 2.67. The Labute approximate surface area is 226 Å². The molecule has 0 aromatic heterocycles. The van der Waals surface area contributed by atoms with E-state index >= 15 is 0 Å². The first kappa shape index (κ1) is 34.9. The van der Waals surface area contributed by atoms with Crippen molar-refractivity contribution in [3.05, 3.63) is 30.3 Å². The van der Waals surface area contributed by atoms with Crippen LogP contribution in [0.15, 0.2) is 35.2 Å². The maximum atomic E-state index is 12.1. The minimum Gasteiger partial charge on any atom is -0.334 e. The molecule has 0 aliphatic rings. The molecule has 0 fully saturated rings. The van der Waals surface area contributed by atoms with Gasteiger partial charge in [0.15, 0.2) is 0 Å². The molecule has 0 saturated heterocycles. The van der Waals surface area contributed by atoms with Gasteiger partial charge < -0.3 is 13.9 Å². The number of nitrogens with one attached hydrogen (secondary N) is 1. The summed E-state index contributed by atoms with van der Waals surface area (Å²) in [6.07, 6.45) is 2.03. The Morgan fingerprint density at radius 3 is 1.97 bits per heavy atom. The summed E-state index contributed by atoms with van der Waals surface area (Å²) in [5, 5.41) is 0.237. The Bertz CT molecular complexity index is 835. The van der Waals surface area contributed by atoms with Gasteiger partial charge in [0.25, 0.3) is 5.24 Å². The first-order valence-electron chi connectivity index (χ1n) is 12.0. The normalized spacial score (nSPS) is 11.9. The van der Waals surface area contributed by atoms with Crippen LogP contribution in [0.2, 0.25) is 0 Å². The van der Waals surface area contributed by atoms with Crippen LogP contribution in [-0.2, 0) is 30.9 Å². The second kappa shape index (κ2) is 19.0. The Morgan fingerprint density at radius 1 is 1.03 bits per heavy atom. The van der Waals surface area contributed by atoms with Crippen LogP contribution < -0.4 is 4.72 Å². The van der Waals surface area contributed by atoms with E-state index in [0.29, 0.717) is 5.75 Å². The van der Waals surface area contributed by atoms with Crippen LogP contribution in [0, 0.1) is 0 Å². The number of amides is 1. The van der Waals surface area contributed by atoms with Crippen LogP contribution in [0.4, 0.5) is 4.79 Å². The van der Waals surface area contributed by atoms with Gasteiger partial charge in [0.2, 0.25) is 15.7 Å². The Morgan fingerprint density at radius 2 is 1.54 bits per heavy atom. The van der Waals surface area contributed by atoms with Crippen LogP contribution in [0.1, 0.15) is 61.3 Å². The summed E-state index contributed by atoms with van der Waals surface area (Å²) in [4.78, 5) is 13.6. The Balaban J connectivity index is 0.000000814. The molecule has 0 heterocycles. The quantitative estimate of drug-likeness (QED) is 0.178. The van der Waals surface area contributed by atoms with Gasteiger partial charge in [-0.15, -0.1) is 0 Å². The third-order valence-electron chi connectivity index (χ3n) is 3.89. The molecule has 12 heteroatoms. The summed E-state index contributed by atoms with van der Waals surface area (Å²) in [6, 6.07) is 8.27. The average Bonchev–Trinajstić information content (AvgIpc) is 2.77. The standard InChI is InChI=1S/C14H24NO4PS3.C9H19NOS/c1-12(2)18-20(21,19-13(3)4)22-11-10-15-23(16,17)14-8-6-5-7-9-14;1-4-7-10(8-5-2)9(11)12-6-3/h5-9,12-13,15H,10-11H2,1-4H3;4-8H2,1-3H3. The second-order valence-corrected chi connectivity index (χ2v) is 17.3. The number of hydrogen-bond acceptors (Lipinski definition) is 8. The first-order valence-corrected chi connectivity index (χ1v) is 18.7. The van der Waals surface area contributed by atoms with Gasteiger partial charge in [0.1, 0.15) is 0 Å². The molecule has 0 saturated carbocycles.